The van der Waals surface area contributed by atoms with Gasteiger partial charge < -0.3 is 10.1 Å². The zero-order chi connectivity index (χ0) is 13.2. The van der Waals surface area contributed by atoms with Crippen LogP contribution in [0.15, 0.2) is 35.5 Å². The van der Waals surface area contributed by atoms with E-state index < -0.39 is 5.51 Å². The molecule has 0 unspecified atom stereocenters. The molecule has 6 heteroatoms. The smallest absolute Gasteiger partial charge is 0.320 e. The summed E-state index contributed by atoms with van der Waals surface area (Å²) in [6.45, 7) is 0.113. The van der Waals surface area contributed by atoms with Gasteiger partial charge in [0, 0.05) is 23.5 Å². The van der Waals surface area contributed by atoms with Crippen molar-refractivity contribution in [3.63, 3.8) is 0 Å². The molecule has 94 valence electrons. The lowest BCUT2D eigenvalue weighted by Gasteiger charge is -2.06. The molecule has 0 fully saturated rings. The maximum atomic E-state index is 12.5. The molecule has 0 amide bonds. The number of hydrogen-bond acceptors (Lipinski definition) is 2. The Hall–Kier alpha value is -1.58. The van der Waals surface area contributed by atoms with E-state index in [-0.39, 0.29) is 23.3 Å². The highest BCUT2D eigenvalue weighted by Crippen LogP contribution is 2.39. The fourth-order valence-electron chi connectivity index (χ4n) is 1.55. The van der Waals surface area contributed by atoms with E-state index in [0.29, 0.717) is 11.1 Å². The quantitative estimate of drug-likeness (QED) is 0.638. The van der Waals surface area contributed by atoms with Gasteiger partial charge in [0.15, 0.2) is 0 Å². The Balaban J connectivity index is 2.58. The molecule has 2 aromatic heterocycles. The molecule has 0 radical (unpaired) electrons. The summed E-state index contributed by atoms with van der Waals surface area (Å²) in [7, 11) is 0. The molecule has 0 aromatic carbocycles. The number of hydrogen-bond donors (Lipinski definition) is 1. The van der Waals surface area contributed by atoms with Crippen molar-refractivity contribution in [3.8, 4) is 11.8 Å². The van der Waals surface area contributed by atoms with Crippen molar-refractivity contribution in [2.24, 2.45) is 5.73 Å². The van der Waals surface area contributed by atoms with E-state index in [1.165, 1.54) is 4.40 Å². The summed E-state index contributed by atoms with van der Waals surface area (Å²) in [6.07, 6.45) is 1.58. The van der Waals surface area contributed by atoms with Crippen molar-refractivity contribution >= 4 is 17.3 Å². The summed E-state index contributed by atoms with van der Waals surface area (Å²) in [5.41, 5.74) is 1.91. The summed E-state index contributed by atoms with van der Waals surface area (Å²) in [4.78, 5) is 0. The van der Waals surface area contributed by atoms with E-state index in [0.717, 1.165) is 0 Å². The highest BCUT2D eigenvalue weighted by molar-refractivity contribution is 8.00. The van der Waals surface area contributed by atoms with Crippen molar-refractivity contribution < 1.29 is 13.2 Å². The van der Waals surface area contributed by atoms with Crippen molar-refractivity contribution in [2.75, 3.05) is 6.54 Å². The van der Waals surface area contributed by atoms with E-state index in [2.05, 4.69) is 11.8 Å². The molecule has 0 bridgehead atoms. The highest BCUT2D eigenvalue weighted by atomic mass is 32.2. The van der Waals surface area contributed by atoms with Crippen LogP contribution in [-0.4, -0.2) is 16.5 Å². The van der Waals surface area contributed by atoms with Crippen LogP contribution < -0.4 is 5.73 Å². The maximum absolute atomic E-state index is 12.5. The summed E-state index contributed by atoms with van der Waals surface area (Å²) < 4.78 is 39.0. The van der Waals surface area contributed by atoms with Crippen molar-refractivity contribution in [2.45, 2.75) is 10.5 Å². The molecule has 2 rings (SSSR count). The first-order valence-electron chi connectivity index (χ1n) is 5.06. The third kappa shape index (κ3) is 2.81. The molecule has 2 nitrogen and oxygen atoms in total. The largest absolute Gasteiger partial charge is 0.447 e. The molecule has 2 aromatic rings. The van der Waals surface area contributed by atoms with E-state index in [9.17, 15) is 13.2 Å². The first-order chi connectivity index (χ1) is 8.51. The van der Waals surface area contributed by atoms with Gasteiger partial charge in [0.05, 0.1) is 12.1 Å². The van der Waals surface area contributed by atoms with Crippen LogP contribution in [0.1, 0.15) is 5.56 Å². The number of rotatable bonds is 1. The second-order valence-corrected chi connectivity index (χ2v) is 4.47. The monoisotopic (exact) mass is 270 g/mol. The van der Waals surface area contributed by atoms with Gasteiger partial charge in [-0.1, -0.05) is 17.9 Å². The van der Waals surface area contributed by atoms with Gasteiger partial charge in [0.2, 0.25) is 0 Å². The number of thioether (sulfide) groups is 1. The minimum Gasteiger partial charge on any atom is -0.320 e. The number of halogens is 3. The zero-order valence-corrected chi connectivity index (χ0v) is 9.98. The van der Waals surface area contributed by atoms with Crippen LogP contribution in [0.5, 0.6) is 0 Å². The number of nitrogens with zero attached hydrogens (tertiary/aromatic N) is 1. The topological polar surface area (TPSA) is 30.4 Å². The average molecular weight is 270 g/mol. The number of nitrogens with two attached hydrogens (primary N) is 1. The summed E-state index contributed by atoms with van der Waals surface area (Å²) >= 11 is -0.166. The first-order valence-corrected chi connectivity index (χ1v) is 5.87. The van der Waals surface area contributed by atoms with Crippen molar-refractivity contribution in [3.05, 3.63) is 36.0 Å². The Morgan fingerprint density at radius 1 is 1.33 bits per heavy atom. The SMILES string of the molecule is NCC#Cc1cc2ccccn2c1SC(F)(F)F. The second-order valence-electron chi connectivity index (χ2n) is 3.41. The molecule has 0 saturated heterocycles. The van der Waals surface area contributed by atoms with E-state index in [4.69, 9.17) is 5.73 Å². The normalized spacial score (nSPS) is 11.3. The molecule has 0 spiro atoms. The molecule has 2 heterocycles. The molecule has 0 aliphatic heterocycles. The molecular weight excluding hydrogens is 261 g/mol. The van der Waals surface area contributed by atoms with Gasteiger partial charge in [-0.15, -0.1) is 0 Å². The second kappa shape index (κ2) is 4.96. The predicted molar refractivity (Wildman–Crippen MR) is 65.2 cm³/mol. The van der Waals surface area contributed by atoms with Crippen LogP contribution in [0.2, 0.25) is 0 Å². The van der Waals surface area contributed by atoms with Crippen molar-refractivity contribution in [1.82, 2.24) is 4.40 Å². The fourth-order valence-corrected chi connectivity index (χ4v) is 2.25. The average Bonchev–Trinajstić information content (AvgIpc) is 2.63. The van der Waals surface area contributed by atoms with Crippen LogP contribution >= 0.6 is 11.8 Å². The minimum atomic E-state index is -4.34. The number of fused-ring (bicyclic) bond motifs is 1. The standard InChI is InChI=1S/C12H9F3N2S/c13-12(14,15)18-11-9(4-3-6-16)8-10-5-1-2-7-17(10)11/h1-2,5,7-8H,6,16H2. The number of alkyl halides is 3. The van der Waals surface area contributed by atoms with Crippen LogP contribution in [0, 0.1) is 11.8 Å². The Labute approximate surface area is 106 Å². The zero-order valence-electron chi connectivity index (χ0n) is 9.16. The molecular formula is C12H9F3N2S. The highest BCUT2D eigenvalue weighted by Gasteiger charge is 2.32. The van der Waals surface area contributed by atoms with Gasteiger partial charge in [-0.25, -0.2) is 0 Å². The molecule has 18 heavy (non-hydrogen) atoms. The summed E-state index contributed by atoms with van der Waals surface area (Å²) in [5.74, 6) is 5.24. The van der Waals surface area contributed by atoms with Gasteiger partial charge in [0.25, 0.3) is 0 Å². The Morgan fingerprint density at radius 2 is 2.11 bits per heavy atom. The molecule has 0 atom stereocenters. The van der Waals surface area contributed by atoms with Gasteiger partial charge >= 0.3 is 5.51 Å². The van der Waals surface area contributed by atoms with E-state index in [1.54, 1.807) is 30.5 Å². The minimum absolute atomic E-state index is 0.0686. The number of pyridine rings is 1. The Bertz CT molecular complexity index is 620. The number of aromatic nitrogens is 1. The van der Waals surface area contributed by atoms with E-state index >= 15 is 0 Å². The summed E-state index contributed by atoms with van der Waals surface area (Å²) in [5, 5.41) is 0.0686. The predicted octanol–water partition coefficient (Wildman–Crippen LogP) is 2.86. The van der Waals surface area contributed by atoms with Crippen molar-refractivity contribution in [1.29, 1.82) is 0 Å². The molecule has 0 aliphatic rings. The lowest BCUT2D eigenvalue weighted by atomic mass is 10.3. The van der Waals surface area contributed by atoms with Gasteiger partial charge in [-0.05, 0) is 18.2 Å². The third-order valence-corrected chi connectivity index (χ3v) is 3.01. The van der Waals surface area contributed by atoms with Crippen LogP contribution in [0.3, 0.4) is 0 Å². The molecule has 0 aliphatic carbocycles. The lowest BCUT2D eigenvalue weighted by Crippen LogP contribution is -2.02. The van der Waals surface area contributed by atoms with E-state index in [1.807, 2.05) is 0 Å². The Kier molecular flexibility index (Phi) is 3.55. The van der Waals surface area contributed by atoms with Gasteiger partial charge in [-0.2, -0.15) is 13.2 Å². The first kappa shape index (κ1) is 12.9. The molecule has 2 N–H and O–H groups in total. The molecule has 0 saturated carbocycles. The van der Waals surface area contributed by atoms with Crippen LogP contribution in [-0.2, 0) is 0 Å². The van der Waals surface area contributed by atoms with Crippen LogP contribution in [0.25, 0.3) is 5.52 Å². The van der Waals surface area contributed by atoms with Gasteiger partial charge in [0.1, 0.15) is 5.03 Å². The summed E-state index contributed by atoms with van der Waals surface area (Å²) in [6, 6.07) is 6.79. The Morgan fingerprint density at radius 3 is 2.78 bits per heavy atom. The fraction of sp³-hybridized carbons (Fsp3) is 0.167. The third-order valence-electron chi connectivity index (χ3n) is 2.17. The maximum Gasteiger partial charge on any atom is 0.447 e. The lowest BCUT2D eigenvalue weighted by molar-refractivity contribution is -0.0329. The van der Waals surface area contributed by atoms with Crippen LogP contribution in [0.4, 0.5) is 13.2 Å². The van der Waals surface area contributed by atoms with Gasteiger partial charge in [-0.3, -0.25) is 0 Å².